The number of nitrogens with zero attached hydrogens (tertiary/aromatic N) is 2. The van der Waals surface area contributed by atoms with E-state index in [1.165, 1.54) is 18.4 Å². The van der Waals surface area contributed by atoms with Gasteiger partial charge in [0, 0.05) is 0 Å². The van der Waals surface area contributed by atoms with Gasteiger partial charge >= 0.3 is 11.9 Å². The second-order valence-corrected chi connectivity index (χ2v) is 4.12. The molecule has 1 aliphatic heterocycles. The van der Waals surface area contributed by atoms with Crippen molar-refractivity contribution in [1.82, 2.24) is 10.0 Å². The Kier molecular flexibility index (Phi) is 2.60. The Labute approximate surface area is 112 Å². The van der Waals surface area contributed by atoms with Crippen LogP contribution in [0.5, 0.6) is 0 Å². The summed E-state index contributed by atoms with van der Waals surface area (Å²) in [5.41, 5.74) is 0.863. The van der Waals surface area contributed by atoms with E-state index in [2.05, 4.69) is 4.98 Å². The molecule has 0 spiro atoms. The van der Waals surface area contributed by atoms with Crippen LogP contribution in [0, 0.1) is 6.92 Å². The second kappa shape index (κ2) is 4.30. The first-order valence-electron chi connectivity index (χ1n) is 5.70. The maximum atomic E-state index is 12.0. The lowest BCUT2D eigenvalue weighted by molar-refractivity contribution is -0.0608. The molecule has 1 aromatic carbocycles. The van der Waals surface area contributed by atoms with Crippen LogP contribution in [0.25, 0.3) is 0 Å². The summed E-state index contributed by atoms with van der Waals surface area (Å²) < 4.78 is 4.85. The Balaban J connectivity index is 1.85. The average Bonchev–Trinajstić information content (AvgIpc) is 2.98. The van der Waals surface area contributed by atoms with Crippen molar-refractivity contribution < 1.29 is 23.6 Å². The van der Waals surface area contributed by atoms with E-state index in [1.807, 2.05) is 0 Å². The largest absolute Gasteiger partial charge is 0.439 e. The molecule has 0 saturated heterocycles. The first-order valence-corrected chi connectivity index (χ1v) is 5.70. The number of carbonyl (C=O) groups is 3. The lowest BCUT2D eigenvalue weighted by Crippen LogP contribution is -2.32. The number of imide groups is 1. The summed E-state index contributed by atoms with van der Waals surface area (Å²) in [4.78, 5) is 44.2. The van der Waals surface area contributed by atoms with Gasteiger partial charge in [-0.25, -0.2) is 9.78 Å². The molecular weight excluding hydrogens is 264 g/mol. The van der Waals surface area contributed by atoms with Crippen molar-refractivity contribution >= 4 is 17.8 Å². The molecule has 0 unspecified atom stereocenters. The zero-order valence-corrected chi connectivity index (χ0v) is 10.3. The lowest BCUT2D eigenvalue weighted by Gasteiger charge is -2.10. The van der Waals surface area contributed by atoms with Crippen molar-refractivity contribution in [2.75, 3.05) is 0 Å². The van der Waals surface area contributed by atoms with Gasteiger partial charge in [-0.15, -0.1) is 0 Å². The minimum Gasteiger partial charge on any atom is -0.439 e. The fourth-order valence-electron chi connectivity index (χ4n) is 1.82. The number of hydroxylamine groups is 2. The molecule has 7 nitrogen and oxygen atoms in total. The minimum absolute atomic E-state index is 0.189. The van der Waals surface area contributed by atoms with Crippen LogP contribution in [0.3, 0.4) is 0 Å². The standard InChI is InChI=1S/C13H8N2O5/c1-7-6-19-10(14-7)13(18)20-15-11(16)8-4-2-3-5-9(8)12(15)17/h2-6H,1H3. The monoisotopic (exact) mass is 272 g/mol. The summed E-state index contributed by atoms with van der Waals surface area (Å²) in [6.07, 6.45) is 1.26. The van der Waals surface area contributed by atoms with Crippen LogP contribution >= 0.6 is 0 Å². The molecule has 0 atom stereocenters. The molecule has 3 rings (SSSR count). The highest BCUT2D eigenvalue weighted by Gasteiger charge is 2.39. The number of aryl methyl sites for hydroxylation is 1. The van der Waals surface area contributed by atoms with Crippen molar-refractivity contribution in [2.24, 2.45) is 0 Å². The molecule has 0 bridgehead atoms. The Morgan fingerprint density at radius 1 is 1.20 bits per heavy atom. The number of benzene rings is 1. The number of fused-ring (bicyclic) bond motifs is 1. The van der Waals surface area contributed by atoms with Gasteiger partial charge in [0.05, 0.1) is 16.8 Å². The molecule has 7 heteroatoms. The van der Waals surface area contributed by atoms with Crippen LogP contribution in [-0.4, -0.2) is 27.8 Å². The van der Waals surface area contributed by atoms with Gasteiger partial charge in [0.1, 0.15) is 6.26 Å². The van der Waals surface area contributed by atoms with Crippen LogP contribution in [0.2, 0.25) is 0 Å². The molecule has 0 aliphatic carbocycles. The Morgan fingerprint density at radius 2 is 1.80 bits per heavy atom. The number of aromatic nitrogens is 1. The van der Waals surface area contributed by atoms with E-state index in [1.54, 1.807) is 19.1 Å². The minimum atomic E-state index is -1.01. The zero-order valence-electron chi connectivity index (χ0n) is 10.3. The number of oxazole rings is 1. The van der Waals surface area contributed by atoms with E-state index in [-0.39, 0.29) is 17.0 Å². The van der Waals surface area contributed by atoms with Crippen molar-refractivity contribution in [1.29, 1.82) is 0 Å². The van der Waals surface area contributed by atoms with Gasteiger partial charge in [-0.3, -0.25) is 9.59 Å². The first-order chi connectivity index (χ1) is 9.58. The zero-order chi connectivity index (χ0) is 14.3. The van der Waals surface area contributed by atoms with Gasteiger partial charge in [0.2, 0.25) is 0 Å². The maximum absolute atomic E-state index is 12.0. The summed E-state index contributed by atoms with van der Waals surface area (Å²) in [7, 11) is 0. The van der Waals surface area contributed by atoms with Gasteiger partial charge in [0.15, 0.2) is 0 Å². The highest BCUT2D eigenvalue weighted by atomic mass is 16.7. The van der Waals surface area contributed by atoms with E-state index < -0.39 is 17.8 Å². The third-order valence-electron chi connectivity index (χ3n) is 2.72. The molecule has 2 aromatic rings. The fraction of sp³-hybridized carbons (Fsp3) is 0.0769. The summed E-state index contributed by atoms with van der Waals surface area (Å²) >= 11 is 0. The number of carbonyl (C=O) groups excluding carboxylic acids is 3. The average molecular weight is 272 g/mol. The van der Waals surface area contributed by atoms with E-state index >= 15 is 0 Å². The second-order valence-electron chi connectivity index (χ2n) is 4.12. The van der Waals surface area contributed by atoms with Crippen molar-refractivity contribution in [3.8, 4) is 0 Å². The van der Waals surface area contributed by atoms with Gasteiger partial charge in [-0.1, -0.05) is 17.2 Å². The van der Waals surface area contributed by atoms with Crippen molar-refractivity contribution in [3.63, 3.8) is 0 Å². The van der Waals surface area contributed by atoms with Crippen LogP contribution < -0.4 is 0 Å². The lowest BCUT2D eigenvalue weighted by atomic mass is 10.1. The molecular formula is C13H8N2O5. The topological polar surface area (TPSA) is 89.7 Å². The predicted molar refractivity (Wildman–Crippen MR) is 63.6 cm³/mol. The SMILES string of the molecule is Cc1coc(C(=O)ON2C(=O)c3ccccc3C2=O)n1. The first kappa shape index (κ1) is 12.1. The summed E-state index contributed by atoms with van der Waals surface area (Å²) in [5.74, 6) is -2.71. The van der Waals surface area contributed by atoms with Gasteiger partial charge < -0.3 is 9.25 Å². The third-order valence-corrected chi connectivity index (χ3v) is 2.72. The van der Waals surface area contributed by atoms with Gasteiger partial charge in [0.25, 0.3) is 11.8 Å². The molecule has 0 N–H and O–H groups in total. The Bertz CT molecular complexity index is 699. The van der Waals surface area contributed by atoms with Crippen LogP contribution in [-0.2, 0) is 4.84 Å². The molecule has 20 heavy (non-hydrogen) atoms. The summed E-state index contributed by atoms with van der Waals surface area (Å²) in [5, 5.41) is 0.409. The van der Waals surface area contributed by atoms with Crippen LogP contribution in [0.4, 0.5) is 0 Å². The summed E-state index contributed by atoms with van der Waals surface area (Å²) in [6.45, 7) is 1.63. The number of hydrogen-bond acceptors (Lipinski definition) is 6. The van der Waals surface area contributed by atoms with Crippen LogP contribution in [0.1, 0.15) is 37.1 Å². The van der Waals surface area contributed by atoms with E-state index in [0.717, 1.165) is 0 Å². The predicted octanol–water partition coefficient (Wildman–Crippen LogP) is 1.35. The normalized spacial score (nSPS) is 13.6. The van der Waals surface area contributed by atoms with E-state index in [4.69, 9.17) is 9.25 Å². The Morgan fingerprint density at radius 3 is 2.30 bits per heavy atom. The van der Waals surface area contributed by atoms with Crippen molar-refractivity contribution in [3.05, 3.63) is 53.2 Å². The third kappa shape index (κ3) is 1.76. The molecule has 1 aromatic heterocycles. The number of hydrogen-bond donors (Lipinski definition) is 0. The molecule has 1 aliphatic rings. The molecule has 2 heterocycles. The van der Waals surface area contributed by atoms with E-state index in [9.17, 15) is 14.4 Å². The van der Waals surface area contributed by atoms with E-state index in [0.29, 0.717) is 10.8 Å². The molecule has 0 radical (unpaired) electrons. The fourth-order valence-corrected chi connectivity index (χ4v) is 1.82. The van der Waals surface area contributed by atoms with Gasteiger partial charge in [-0.2, -0.15) is 0 Å². The Hall–Kier alpha value is -2.96. The van der Waals surface area contributed by atoms with Gasteiger partial charge in [-0.05, 0) is 19.1 Å². The highest BCUT2D eigenvalue weighted by Crippen LogP contribution is 2.23. The van der Waals surface area contributed by atoms with Crippen LogP contribution in [0.15, 0.2) is 34.9 Å². The quantitative estimate of drug-likeness (QED) is 0.766. The maximum Gasteiger partial charge on any atom is 0.419 e. The number of amides is 2. The summed E-state index contributed by atoms with van der Waals surface area (Å²) in [6, 6.07) is 6.21. The smallest absolute Gasteiger partial charge is 0.419 e. The van der Waals surface area contributed by atoms with Crippen molar-refractivity contribution in [2.45, 2.75) is 6.92 Å². The molecule has 0 fully saturated rings. The molecule has 2 amide bonds. The highest BCUT2D eigenvalue weighted by molar-refractivity contribution is 6.21. The number of rotatable bonds is 2. The molecule has 100 valence electrons. The molecule has 0 saturated carbocycles.